The lowest BCUT2D eigenvalue weighted by atomic mass is 10.1. The Kier molecular flexibility index (Phi) is 6.22. The van der Waals surface area contributed by atoms with E-state index in [1.165, 1.54) is 6.07 Å². The molecule has 4 nitrogen and oxygen atoms in total. The van der Waals surface area contributed by atoms with Crippen LogP contribution in [-0.2, 0) is 6.61 Å². The van der Waals surface area contributed by atoms with Gasteiger partial charge in [-0.05, 0) is 42.8 Å². The van der Waals surface area contributed by atoms with Crippen molar-refractivity contribution in [1.29, 1.82) is 0 Å². The van der Waals surface area contributed by atoms with E-state index in [1.54, 1.807) is 43.3 Å². The van der Waals surface area contributed by atoms with Gasteiger partial charge >= 0.3 is 6.61 Å². The number of alkyl halides is 2. The normalized spacial score (nSPS) is 10.6. The fraction of sp³-hybridized carbons (Fsp3) is 0.136. The van der Waals surface area contributed by atoms with Crippen LogP contribution >= 0.6 is 0 Å². The predicted molar refractivity (Wildman–Crippen MR) is 103 cm³/mol. The number of rotatable bonds is 7. The lowest BCUT2D eigenvalue weighted by Crippen LogP contribution is -2.13. The number of anilines is 1. The minimum absolute atomic E-state index is 0.0211. The van der Waals surface area contributed by atoms with Crippen LogP contribution in [0.2, 0.25) is 0 Å². The van der Waals surface area contributed by atoms with E-state index in [2.05, 4.69) is 10.1 Å². The summed E-state index contributed by atoms with van der Waals surface area (Å²) in [6, 6.07) is 21.1. The van der Waals surface area contributed by atoms with Gasteiger partial charge in [0, 0.05) is 16.8 Å². The van der Waals surface area contributed by atoms with Gasteiger partial charge in [-0.15, -0.1) is 0 Å². The molecule has 6 heteroatoms. The zero-order valence-electron chi connectivity index (χ0n) is 15.2. The molecule has 0 atom stereocenters. The standard InChI is InChI=1S/C22H19F2NO3/c1-15-19(11-6-12-20(15)28-22(23)24)25-21(26)17-9-5-10-18(13-17)27-14-16-7-3-2-4-8-16/h2-13,22H,14H2,1H3,(H,25,26). The summed E-state index contributed by atoms with van der Waals surface area (Å²) in [5, 5.41) is 2.72. The largest absolute Gasteiger partial charge is 0.489 e. The fourth-order valence-corrected chi connectivity index (χ4v) is 2.64. The summed E-state index contributed by atoms with van der Waals surface area (Å²) in [5.74, 6) is 0.207. The van der Waals surface area contributed by atoms with E-state index < -0.39 is 6.61 Å². The van der Waals surface area contributed by atoms with E-state index >= 15 is 0 Å². The van der Waals surface area contributed by atoms with Gasteiger partial charge in [0.15, 0.2) is 0 Å². The molecule has 0 aliphatic rings. The summed E-state index contributed by atoms with van der Waals surface area (Å²) in [6.07, 6.45) is 0. The molecule has 0 aromatic heterocycles. The van der Waals surface area contributed by atoms with Crippen LogP contribution in [0, 0.1) is 6.92 Å². The molecule has 0 aliphatic carbocycles. The summed E-state index contributed by atoms with van der Waals surface area (Å²) >= 11 is 0. The van der Waals surface area contributed by atoms with Gasteiger partial charge < -0.3 is 14.8 Å². The molecule has 1 amide bonds. The molecule has 0 aliphatic heterocycles. The first-order chi connectivity index (χ1) is 13.5. The van der Waals surface area contributed by atoms with Crippen molar-refractivity contribution in [3.05, 3.63) is 89.5 Å². The van der Waals surface area contributed by atoms with Crippen LogP contribution in [0.4, 0.5) is 14.5 Å². The molecule has 0 saturated heterocycles. The molecule has 1 N–H and O–H groups in total. The zero-order chi connectivity index (χ0) is 19.9. The number of hydrogen-bond acceptors (Lipinski definition) is 3. The maximum atomic E-state index is 12.6. The average molecular weight is 383 g/mol. The molecule has 0 radical (unpaired) electrons. The van der Waals surface area contributed by atoms with Crippen molar-refractivity contribution >= 4 is 11.6 Å². The Morgan fingerprint density at radius 3 is 2.50 bits per heavy atom. The SMILES string of the molecule is Cc1c(NC(=O)c2cccc(OCc3ccccc3)c2)cccc1OC(F)F. The topological polar surface area (TPSA) is 47.6 Å². The molecule has 3 aromatic rings. The Hall–Kier alpha value is -3.41. The van der Waals surface area contributed by atoms with E-state index in [4.69, 9.17) is 4.74 Å². The number of benzene rings is 3. The van der Waals surface area contributed by atoms with Crippen molar-refractivity contribution in [2.45, 2.75) is 20.1 Å². The Bertz CT molecular complexity index is 946. The number of amides is 1. The lowest BCUT2D eigenvalue weighted by molar-refractivity contribution is -0.0502. The summed E-state index contributed by atoms with van der Waals surface area (Å²) in [5.41, 5.74) is 2.24. The third-order valence-electron chi connectivity index (χ3n) is 4.09. The molecular weight excluding hydrogens is 364 g/mol. The van der Waals surface area contributed by atoms with Gasteiger partial charge in [-0.25, -0.2) is 0 Å². The summed E-state index contributed by atoms with van der Waals surface area (Å²) in [4.78, 5) is 12.6. The van der Waals surface area contributed by atoms with Crippen LogP contribution in [0.15, 0.2) is 72.8 Å². The van der Waals surface area contributed by atoms with E-state index in [1.807, 2.05) is 30.3 Å². The number of hydrogen-bond donors (Lipinski definition) is 1. The Morgan fingerprint density at radius 2 is 1.75 bits per heavy atom. The molecule has 3 rings (SSSR count). The highest BCUT2D eigenvalue weighted by Crippen LogP contribution is 2.27. The van der Waals surface area contributed by atoms with Crippen molar-refractivity contribution in [3.8, 4) is 11.5 Å². The van der Waals surface area contributed by atoms with E-state index in [0.29, 0.717) is 29.2 Å². The maximum absolute atomic E-state index is 12.6. The van der Waals surface area contributed by atoms with Gasteiger partial charge in [-0.2, -0.15) is 8.78 Å². The molecule has 0 spiro atoms. The second-order valence-electron chi connectivity index (χ2n) is 6.06. The molecule has 144 valence electrons. The van der Waals surface area contributed by atoms with Crippen LogP contribution in [0.25, 0.3) is 0 Å². The van der Waals surface area contributed by atoms with Crippen molar-refractivity contribution in [2.75, 3.05) is 5.32 Å². The Balaban J connectivity index is 1.69. The summed E-state index contributed by atoms with van der Waals surface area (Å²) in [7, 11) is 0. The van der Waals surface area contributed by atoms with Gasteiger partial charge in [-0.1, -0.05) is 42.5 Å². The predicted octanol–water partition coefficient (Wildman–Crippen LogP) is 5.43. The van der Waals surface area contributed by atoms with Gasteiger partial charge in [0.05, 0.1) is 0 Å². The molecule has 0 fully saturated rings. The molecule has 3 aromatic carbocycles. The first-order valence-electron chi connectivity index (χ1n) is 8.65. The number of ether oxygens (including phenoxy) is 2. The van der Waals surface area contributed by atoms with E-state index in [-0.39, 0.29) is 11.7 Å². The number of carbonyl (C=O) groups excluding carboxylic acids is 1. The van der Waals surface area contributed by atoms with E-state index in [0.717, 1.165) is 5.56 Å². The lowest BCUT2D eigenvalue weighted by Gasteiger charge is -2.13. The second-order valence-corrected chi connectivity index (χ2v) is 6.06. The van der Waals surface area contributed by atoms with Gasteiger partial charge in [0.2, 0.25) is 0 Å². The van der Waals surface area contributed by atoms with Crippen molar-refractivity contribution in [1.82, 2.24) is 0 Å². The number of carbonyl (C=O) groups is 1. The van der Waals surface area contributed by atoms with Crippen LogP contribution < -0.4 is 14.8 Å². The smallest absolute Gasteiger partial charge is 0.387 e. The van der Waals surface area contributed by atoms with Crippen molar-refractivity contribution in [2.24, 2.45) is 0 Å². The quantitative estimate of drug-likeness (QED) is 0.592. The van der Waals surface area contributed by atoms with Gasteiger partial charge in [-0.3, -0.25) is 4.79 Å². The van der Waals surface area contributed by atoms with Crippen LogP contribution in [0.1, 0.15) is 21.5 Å². The third-order valence-corrected chi connectivity index (χ3v) is 4.09. The highest BCUT2D eigenvalue weighted by molar-refractivity contribution is 6.05. The summed E-state index contributed by atoms with van der Waals surface area (Å²) in [6.45, 7) is -0.937. The van der Waals surface area contributed by atoms with Crippen molar-refractivity contribution < 1.29 is 23.0 Å². The van der Waals surface area contributed by atoms with E-state index in [9.17, 15) is 13.6 Å². The van der Waals surface area contributed by atoms with Crippen molar-refractivity contribution in [3.63, 3.8) is 0 Å². The van der Waals surface area contributed by atoms with Crippen LogP contribution in [-0.4, -0.2) is 12.5 Å². The highest BCUT2D eigenvalue weighted by Gasteiger charge is 2.13. The Morgan fingerprint density at radius 1 is 1.00 bits per heavy atom. The van der Waals surface area contributed by atoms with Crippen LogP contribution in [0.3, 0.4) is 0 Å². The minimum atomic E-state index is -2.93. The van der Waals surface area contributed by atoms with Gasteiger partial charge in [0.1, 0.15) is 18.1 Å². The fourth-order valence-electron chi connectivity index (χ4n) is 2.64. The molecule has 0 heterocycles. The number of nitrogens with one attached hydrogen (secondary N) is 1. The average Bonchev–Trinajstić information content (AvgIpc) is 2.70. The third kappa shape index (κ3) is 5.07. The Labute approximate surface area is 161 Å². The van der Waals surface area contributed by atoms with Gasteiger partial charge in [0.25, 0.3) is 5.91 Å². The second kappa shape index (κ2) is 8.99. The minimum Gasteiger partial charge on any atom is -0.489 e. The monoisotopic (exact) mass is 383 g/mol. The molecule has 28 heavy (non-hydrogen) atoms. The molecule has 0 bridgehead atoms. The molecule has 0 unspecified atom stereocenters. The van der Waals surface area contributed by atoms with Crippen LogP contribution in [0.5, 0.6) is 11.5 Å². The first kappa shape index (κ1) is 19.4. The molecular formula is C22H19F2NO3. The molecule has 0 saturated carbocycles. The zero-order valence-corrected chi connectivity index (χ0v) is 15.2. The summed E-state index contributed by atoms with van der Waals surface area (Å²) < 4.78 is 35.1. The first-order valence-corrected chi connectivity index (χ1v) is 8.65. The highest BCUT2D eigenvalue weighted by atomic mass is 19.3. The maximum Gasteiger partial charge on any atom is 0.387 e. The number of halogens is 2.